The molecule has 0 spiro atoms. The van der Waals surface area contributed by atoms with Gasteiger partial charge in [-0.15, -0.1) is 0 Å². The predicted molar refractivity (Wildman–Crippen MR) is 97.8 cm³/mol. The molecule has 0 aliphatic rings. The molecule has 0 N–H and O–H groups in total. The molecule has 136 valence electrons. The number of hydrogen-bond donors (Lipinski definition) is 0. The maximum Gasteiger partial charge on any atom is 0.0786 e. The molecule has 0 unspecified atom stereocenters. The number of unbranched alkanes of at least 4 members (excludes halogenated alkanes) is 8. The quantitative estimate of drug-likeness (QED) is 0.299. The Kier molecular flexibility index (Phi) is 19.6. The van der Waals surface area contributed by atoms with Gasteiger partial charge in [0.1, 0.15) is 0 Å². The van der Waals surface area contributed by atoms with Crippen LogP contribution in [0.25, 0.3) is 0 Å². The highest BCUT2D eigenvalue weighted by Crippen LogP contribution is 2.17. The fraction of sp³-hybridized carbons (Fsp3) is 1.00. The van der Waals surface area contributed by atoms with E-state index in [-0.39, 0.29) is 12.4 Å². The van der Waals surface area contributed by atoms with Gasteiger partial charge in [-0.3, -0.25) is 0 Å². The molecule has 0 bridgehead atoms. The molecule has 0 aliphatic heterocycles. The summed E-state index contributed by atoms with van der Waals surface area (Å²) in [7, 11) is 0. The molecule has 0 aliphatic carbocycles. The van der Waals surface area contributed by atoms with E-state index in [2.05, 4.69) is 27.7 Å². The molecular weight excluding hydrogens is 290 g/mol. The monoisotopic (exact) mass is 333 g/mol. The van der Waals surface area contributed by atoms with Gasteiger partial charge in [0.25, 0.3) is 0 Å². The molecule has 0 aromatic carbocycles. The van der Waals surface area contributed by atoms with Crippen LogP contribution >= 0.6 is 0 Å². The number of halogens is 1. The molecule has 0 aromatic heterocycles. The van der Waals surface area contributed by atoms with E-state index in [1.54, 1.807) is 0 Å². The van der Waals surface area contributed by atoms with Crippen LogP contribution in [0, 0.1) is 0 Å². The summed E-state index contributed by atoms with van der Waals surface area (Å²) in [5.41, 5.74) is 0. The van der Waals surface area contributed by atoms with Crippen molar-refractivity contribution in [1.29, 1.82) is 0 Å². The molecule has 0 aromatic rings. The minimum Gasteiger partial charge on any atom is -1.00 e. The molecule has 1 nitrogen and oxygen atoms in total. The second-order valence-electron chi connectivity index (χ2n) is 7.06. The van der Waals surface area contributed by atoms with Crippen molar-refractivity contribution < 1.29 is 16.9 Å². The number of hydrogen-bond acceptors (Lipinski definition) is 0. The van der Waals surface area contributed by atoms with Gasteiger partial charge in [-0.1, -0.05) is 72.6 Å². The van der Waals surface area contributed by atoms with Crippen LogP contribution in [0.2, 0.25) is 0 Å². The SMILES string of the molecule is CCCCCCCC[N+](CCCC)(CCCC)CCCC.[Cl-]. The third kappa shape index (κ3) is 12.8. The van der Waals surface area contributed by atoms with E-state index in [9.17, 15) is 0 Å². The molecular formula is C20H44ClN. The second kappa shape index (κ2) is 17.6. The van der Waals surface area contributed by atoms with Crippen LogP contribution in [0.1, 0.15) is 105 Å². The predicted octanol–water partition coefficient (Wildman–Crippen LogP) is 3.57. The van der Waals surface area contributed by atoms with Crippen LogP contribution in [0.3, 0.4) is 0 Å². The summed E-state index contributed by atoms with van der Waals surface area (Å²) in [6.07, 6.45) is 17.0. The van der Waals surface area contributed by atoms with Crippen molar-refractivity contribution in [2.24, 2.45) is 0 Å². The van der Waals surface area contributed by atoms with Gasteiger partial charge in [-0.05, 0) is 32.1 Å². The third-order valence-corrected chi connectivity index (χ3v) is 4.94. The lowest BCUT2D eigenvalue weighted by Gasteiger charge is -2.39. The summed E-state index contributed by atoms with van der Waals surface area (Å²) in [5.74, 6) is 0. The highest BCUT2D eigenvalue weighted by molar-refractivity contribution is 4.51. The van der Waals surface area contributed by atoms with Crippen LogP contribution in [0.15, 0.2) is 0 Å². The van der Waals surface area contributed by atoms with Gasteiger partial charge in [0.2, 0.25) is 0 Å². The molecule has 0 rings (SSSR count). The summed E-state index contributed by atoms with van der Waals surface area (Å²) in [6, 6.07) is 0. The van der Waals surface area contributed by atoms with Crippen molar-refractivity contribution >= 4 is 0 Å². The van der Waals surface area contributed by atoms with E-state index < -0.39 is 0 Å². The fourth-order valence-corrected chi connectivity index (χ4v) is 3.38. The maximum atomic E-state index is 2.35. The second-order valence-corrected chi connectivity index (χ2v) is 7.06. The van der Waals surface area contributed by atoms with Gasteiger partial charge in [0.05, 0.1) is 26.2 Å². The molecule has 0 heterocycles. The van der Waals surface area contributed by atoms with Gasteiger partial charge in [0.15, 0.2) is 0 Å². The molecule has 2 heteroatoms. The minimum absolute atomic E-state index is 0. The number of rotatable bonds is 16. The largest absolute Gasteiger partial charge is 1.00 e. The van der Waals surface area contributed by atoms with Gasteiger partial charge in [0, 0.05) is 0 Å². The van der Waals surface area contributed by atoms with Crippen LogP contribution in [0.4, 0.5) is 0 Å². The first-order chi connectivity index (χ1) is 10.2. The van der Waals surface area contributed by atoms with E-state index in [0.29, 0.717) is 0 Å². The van der Waals surface area contributed by atoms with Gasteiger partial charge < -0.3 is 16.9 Å². The molecule has 22 heavy (non-hydrogen) atoms. The molecule has 0 radical (unpaired) electrons. The number of quaternary nitrogens is 1. The molecule has 0 saturated heterocycles. The Morgan fingerprint density at radius 3 is 1.14 bits per heavy atom. The Labute approximate surface area is 148 Å². The van der Waals surface area contributed by atoms with Crippen LogP contribution in [-0.2, 0) is 0 Å². The molecule has 0 saturated carbocycles. The van der Waals surface area contributed by atoms with Gasteiger partial charge in [-0.2, -0.15) is 0 Å². The lowest BCUT2D eigenvalue weighted by molar-refractivity contribution is -0.929. The topological polar surface area (TPSA) is 0 Å². The van der Waals surface area contributed by atoms with Crippen molar-refractivity contribution in [2.45, 2.75) is 105 Å². The van der Waals surface area contributed by atoms with Crippen molar-refractivity contribution in [2.75, 3.05) is 26.2 Å². The number of nitrogens with zero attached hydrogens (tertiary/aromatic N) is 1. The standard InChI is InChI=1S/C20H44N.ClH/c1-5-9-13-14-15-16-20-21(17-10-6-2,18-11-7-3)19-12-8-4;/h5-20H2,1-4H3;1H/q+1;/p-1. The maximum absolute atomic E-state index is 2.35. The summed E-state index contributed by atoms with van der Waals surface area (Å²) < 4.78 is 1.43. The first-order valence-corrected chi connectivity index (χ1v) is 10.1. The first kappa shape index (κ1) is 24.5. The Balaban J connectivity index is 0. The lowest BCUT2D eigenvalue weighted by atomic mass is 10.1. The Hall–Kier alpha value is 0.250. The van der Waals surface area contributed by atoms with Crippen molar-refractivity contribution in [3.8, 4) is 0 Å². The average Bonchev–Trinajstić information content (AvgIpc) is 2.51. The average molecular weight is 334 g/mol. The van der Waals surface area contributed by atoms with Crippen LogP contribution in [0.5, 0.6) is 0 Å². The molecule has 0 fully saturated rings. The first-order valence-electron chi connectivity index (χ1n) is 10.1. The van der Waals surface area contributed by atoms with E-state index in [0.717, 1.165) is 0 Å². The summed E-state index contributed by atoms with van der Waals surface area (Å²) in [4.78, 5) is 0. The fourth-order valence-electron chi connectivity index (χ4n) is 3.38. The Morgan fingerprint density at radius 1 is 0.409 bits per heavy atom. The van der Waals surface area contributed by atoms with Crippen LogP contribution < -0.4 is 12.4 Å². The summed E-state index contributed by atoms with van der Waals surface area (Å²) in [6.45, 7) is 15.1. The van der Waals surface area contributed by atoms with Crippen molar-refractivity contribution in [3.63, 3.8) is 0 Å². The van der Waals surface area contributed by atoms with Crippen molar-refractivity contribution in [1.82, 2.24) is 0 Å². The highest BCUT2D eigenvalue weighted by Gasteiger charge is 2.24. The zero-order valence-corrected chi connectivity index (χ0v) is 16.9. The summed E-state index contributed by atoms with van der Waals surface area (Å²) >= 11 is 0. The van der Waals surface area contributed by atoms with E-state index >= 15 is 0 Å². The Morgan fingerprint density at radius 2 is 0.727 bits per heavy atom. The molecule has 0 atom stereocenters. The van der Waals surface area contributed by atoms with Crippen molar-refractivity contribution in [3.05, 3.63) is 0 Å². The van der Waals surface area contributed by atoms with E-state index in [4.69, 9.17) is 0 Å². The van der Waals surface area contributed by atoms with Gasteiger partial charge >= 0.3 is 0 Å². The Bertz CT molecular complexity index is 184. The third-order valence-electron chi connectivity index (χ3n) is 4.94. The zero-order valence-electron chi connectivity index (χ0n) is 16.1. The smallest absolute Gasteiger partial charge is 0.0786 e. The highest BCUT2D eigenvalue weighted by atomic mass is 35.5. The van der Waals surface area contributed by atoms with Crippen LogP contribution in [-0.4, -0.2) is 30.7 Å². The van der Waals surface area contributed by atoms with E-state index in [1.165, 1.54) is 108 Å². The molecule has 0 amide bonds. The lowest BCUT2D eigenvalue weighted by Crippen LogP contribution is -3.00. The van der Waals surface area contributed by atoms with E-state index in [1.807, 2.05) is 0 Å². The summed E-state index contributed by atoms with van der Waals surface area (Å²) in [5, 5.41) is 0. The zero-order chi connectivity index (χ0) is 15.8. The minimum atomic E-state index is 0. The normalized spacial score (nSPS) is 11.5. The van der Waals surface area contributed by atoms with Gasteiger partial charge in [-0.25, -0.2) is 0 Å².